The normalized spacial score (nSPS) is 11.6. The van der Waals surface area contributed by atoms with E-state index in [9.17, 15) is 0 Å². The molecule has 4 heteroatoms. The Morgan fingerprint density at radius 1 is 0.286 bits per heavy atom. The minimum atomic E-state index is 0.616. The molecule has 0 aliphatic rings. The number of fused-ring (bicyclic) bond motifs is 1. The first-order valence-corrected chi connectivity index (χ1v) is 18.9. The Balaban J connectivity index is 1.00. The molecule has 11 aromatic rings. The van der Waals surface area contributed by atoms with E-state index in [1.807, 2.05) is 18.3 Å². The van der Waals surface area contributed by atoms with Crippen LogP contribution in [0.3, 0.4) is 0 Å². The van der Waals surface area contributed by atoms with Crippen LogP contribution in [0.2, 0.25) is 0 Å². The fraction of sp³-hybridized carbons (Fsp3) is 0. The van der Waals surface area contributed by atoms with E-state index in [0.29, 0.717) is 17.5 Å². The van der Waals surface area contributed by atoms with Crippen molar-refractivity contribution in [3.8, 4) is 67.5 Å². The first-order valence-electron chi connectivity index (χ1n) is 18.9. The Hall–Kier alpha value is -7.56. The van der Waals surface area contributed by atoms with E-state index in [4.69, 9.17) is 15.0 Å². The highest BCUT2D eigenvalue weighted by Crippen LogP contribution is 2.40. The van der Waals surface area contributed by atoms with Crippen LogP contribution in [0.15, 0.2) is 194 Å². The summed E-state index contributed by atoms with van der Waals surface area (Å²) >= 11 is 0. The highest BCUT2D eigenvalue weighted by atomic mass is 15.0. The van der Waals surface area contributed by atoms with E-state index in [2.05, 4.69) is 175 Å². The van der Waals surface area contributed by atoms with Gasteiger partial charge in [0.05, 0.1) is 0 Å². The van der Waals surface area contributed by atoms with Gasteiger partial charge in [0.15, 0.2) is 17.5 Å². The summed E-state index contributed by atoms with van der Waals surface area (Å²) in [5.41, 5.74) is 9.51. The summed E-state index contributed by atoms with van der Waals surface area (Å²) in [5, 5.41) is 10.1. The third kappa shape index (κ3) is 5.55. The van der Waals surface area contributed by atoms with Crippen molar-refractivity contribution in [1.29, 1.82) is 0 Å². The number of rotatable bonds is 6. The predicted octanol–water partition coefficient (Wildman–Crippen LogP) is 13.3. The van der Waals surface area contributed by atoms with Gasteiger partial charge in [-0.05, 0) is 89.1 Å². The van der Waals surface area contributed by atoms with Crippen LogP contribution in [0.1, 0.15) is 0 Å². The molecule has 0 aliphatic heterocycles. The summed E-state index contributed by atoms with van der Waals surface area (Å²) in [6.07, 6.45) is 3.67. The van der Waals surface area contributed by atoms with Gasteiger partial charge in [0, 0.05) is 34.6 Å². The third-order valence-electron chi connectivity index (χ3n) is 11.0. The molecular weight excluding hydrogens is 681 g/mol. The molecule has 0 saturated heterocycles. The van der Waals surface area contributed by atoms with Crippen molar-refractivity contribution in [2.75, 3.05) is 0 Å². The van der Waals surface area contributed by atoms with Crippen LogP contribution in [0.5, 0.6) is 0 Å². The lowest BCUT2D eigenvalue weighted by molar-refractivity contribution is 1.07. The maximum atomic E-state index is 5.10. The number of hydrogen-bond donors (Lipinski definition) is 0. The fourth-order valence-electron chi connectivity index (χ4n) is 8.10. The molecule has 2 aromatic heterocycles. The first-order chi connectivity index (χ1) is 27.7. The Labute approximate surface area is 323 Å². The average molecular weight is 713 g/mol. The SMILES string of the molecule is c1cncc(-c2cccc(-c3nc(-c4ccc(-c5ccc6ccccc6c5)cc4)nc(-c4ccc(-c5ccc6ccc7cccc8ccc5c6c78)cc4)n3)c2)c1. The largest absolute Gasteiger partial charge is 0.264 e. The van der Waals surface area contributed by atoms with Crippen LogP contribution in [0, 0.1) is 0 Å². The molecular formula is C52H32N4. The minimum absolute atomic E-state index is 0.616. The second-order valence-corrected chi connectivity index (χ2v) is 14.3. The van der Waals surface area contributed by atoms with Crippen molar-refractivity contribution >= 4 is 43.1 Å². The standard InChI is InChI=1S/C52H32N4/c1-2-7-41-30-43(24-15-33(41)6-1)34-13-20-39(21-14-34)50-54-51(56-52(55-50)44-11-4-10-42(31-44)45-12-5-29-53-32-45)40-22-16-35(17-23-40)46-27-25-38-19-18-36-8-3-9-37-26-28-47(46)49(38)48(36)37/h1-32H. The Morgan fingerprint density at radius 3 is 1.54 bits per heavy atom. The van der Waals surface area contributed by atoms with Crippen molar-refractivity contribution in [3.63, 3.8) is 0 Å². The Bertz CT molecular complexity index is 3210. The summed E-state index contributed by atoms with van der Waals surface area (Å²) in [5.74, 6) is 1.86. The fourth-order valence-corrected chi connectivity index (χ4v) is 8.10. The molecule has 0 atom stereocenters. The number of pyridine rings is 1. The van der Waals surface area contributed by atoms with Gasteiger partial charge in [0.1, 0.15) is 0 Å². The molecule has 0 bridgehead atoms. The van der Waals surface area contributed by atoms with E-state index in [0.717, 1.165) is 38.9 Å². The molecule has 0 spiro atoms. The summed E-state index contributed by atoms with van der Waals surface area (Å²) in [7, 11) is 0. The van der Waals surface area contributed by atoms with Crippen LogP contribution in [0.4, 0.5) is 0 Å². The quantitative estimate of drug-likeness (QED) is 0.161. The lowest BCUT2D eigenvalue weighted by atomic mass is 9.90. The molecule has 0 aliphatic carbocycles. The lowest BCUT2D eigenvalue weighted by Gasteiger charge is -2.14. The molecule has 9 aromatic carbocycles. The molecule has 0 N–H and O–H groups in total. The van der Waals surface area contributed by atoms with Gasteiger partial charge in [0.2, 0.25) is 0 Å². The van der Waals surface area contributed by atoms with Gasteiger partial charge in [-0.2, -0.15) is 0 Å². The van der Waals surface area contributed by atoms with E-state index >= 15 is 0 Å². The van der Waals surface area contributed by atoms with Crippen LogP contribution in [0.25, 0.3) is 111 Å². The van der Waals surface area contributed by atoms with Crippen LogP contribution in [-0.4, -0.2) is 19.9 Å². The Kier molecular flexibility index (Phi) is 7.46. The second kappa shape index (κ2) is 13.1. The van der Waals surface area contributed by atoms with Crippen molar-refractivity contribution in [1.82, 2.24) is 19.9 Å². The third-order valence-corrected chi connectivity index (χ3v) is 11.0. The summed E-state index contributed by atoms with van der Waals surface area (Å²) in [6.45, 7) is 0. The van der Waals surface area contributed by atoms with Crippen LogP contribution < -0.4 is 0 Å². The molecule has 56 heavy (non-hydrogen) atoms. The number of aromatic nitrogens is 4. The van der Waals surface area contributed by atoms with E-state index in [-0.39, 0.29) is 0 Å². The van der Waals surface area contributed by atoms with Crippen molar-refractivity contribution in [2.45, 2.75) is 0 Å². The van der Waals surface area contributed by atoms with Gasteiger partial charge in [-0.15, -0.1) is 0 Å². The van der Waals surface area contributed by atoms with Gasteiger partial charge >= 0.3 is 0 Å². The molecule has 4 nitrogen and oxygen atoms in total. The summed E-state index contributed by atoms with van der Waals surface area (Å²) in [4.78, 5) is 19.6. The maximum absolute atomic E-state index is 5.10. The highest BCUT2D eigenvalue weighted by Gasteiger charge is 2.16. The smallest absolute Gasteiger partial charge is 0.164 e. The average Bonchev–Trinajstić information content (AvgIpc) is 3.28. The van der Waals surface area contributed by atoms with Gasteiger partial charge in [-0.3, -0.25) is 4.98 Å². The molecule has 0 fully saturated rings. The van der Waals surface area contributed by atoms with Crippen LogP contribution >= 0.6 is 0 Å². The maximum Gasteiger partial charge on any atom is 0.164 e. The van der Waals surface area contributed by atoms with Crippen LogP contribution in [-0.2, 0) is 0 Å². The van der Waals surface area contributed by atoms with Gasteiger partial charge in [-0.25, -0.2) is 15.0 Å². The van der Waals surface area contributed by atoms with E-state index in [1.54, 1.807) is 6.20 Å². The van der Waals surface area contributed by atoms with Crippen molar-refractivity contribution < 1.29 is 0 Å². The van der Waals surface area contributed by atoms with Gasteiger partial charge in [-0.1, -0.05) is 164 Å². The monoisotopic (exact) mass is 712 g/mol. The molecule has 2 heterocycles. The zero-order chi connectivity index (χ0) is 37.0. The number of nitrogens with zero attached hydrogens (tertiary/aromatic N) is 4. The molecule has 0 amide bonds. The second-order valence-electron chi connectivity index (χ2n) is 14.3. The number of benzene rings is 9. The molecule has 0 unspecified atom stereocenters. The van der Waals surface area contributed by atoms with Crippen molar-refractivity contribution in [2.24, 2.45) is 0 Å². The summed E-state index contributed by atoms with van der Waals surface area (Å²) < 4.78 is 0. The lowest BCUT2D eigenvalue weighted by Crippen LogP contribution is -2.00. The van der Waals surface area contributed by atoms with E-state index in [1.165, 1.54) is 54.2 Å². The first kappa shape index (κ1) is 31.9. The van der Waals surface area contributed by atoms with E-state index < -0.39 is 0 Å². The summed E-state index contributed by atoms with van der Waals surface area (Å²) in [6, 6.07) is 64.5. The predicted molar refractivity (Wildman–Crippen MR) is 231 cm³/mol. The molecule has 260 valence electrons. The number of hydrogen-bond acceptors (Lipinski definition) is 4. The Morgan fingerprint density at radius 2 is 0.804 bits per heavy atom. The minimum Gasteiger partial charge on any atom is -0.264 e. The topological polar surface area (TPSA) is 51.6 Å². The zero-order valence-corrected chi connectivity index (χ0v) is 30.3. The van der Waals surface area contributed by atoms with Gasteiger partial charge in [0.25, 0.3) is 0 Å². The molecule has 11 rings (SSSR count). The highest BCUT2D eigenvalue weighted by molar-refractivity contribution is 6.25. The molecule has 0 saturated carbocycles. The van der Waals surface area contributed by atoms with Gasteiger partial charge < -0.3 is 0 Å². The molecule has 0 radical (unpaired) electrons. The zero-order valence-electron chi connectivity index (χ0n) is 30.3. The van der Waals surface area contributed by atoms with Crippen molar-refractivity contribution in [3.05, 3.63) is 194 Å².